The van der Waals surface area contributed by atoms with Gasteiger partial charge in [-0.3, -0.25) is 0 Å². The summed E-state index contributed by atoms with van der Waals surface area (Å²) in [5.74, 6) is 0.580. The Kier molecular flexibility index (Phi) is 4.70. The summed E-state index contributed by atoms with van der Waals surface area (Å²) in [6, 6.07) is 4.13. The van der Waals surface area contributed by atoms with Gasteiger partial charge >= 0.3 is 0 Å². The van der Waals surface area contributed by atoms with Crippen LogP contribution in [-0.2, 0) is 0 Å². The van der Waals surface area contributed by atoms with E-state index in [0.29, 0.717) is 5.92 Å². The monoisotopic (exact) mass is 235 g/mol. The predicted molar refractivity (Wildman–Crippen MR) is 71.4 cm³/mol. The molecule has 0 unspecified atom stereocenters. The zero-order valence-corrected chi connectivity index (χ0v) is 11.7. The predicted octanol–water partition coefficient (Wildman–Crippen LogP) is 3.05. The van der Waals surface area contributed by atoms with E-state index in [2.05, 4.69) is 26.8 Å². The van der Waals surface area contributed by atoms with Crippen molar-refractivity contribution in [3.05, 3.63) is 34.4 Å². The molecule has 0 atom stereocenters. The molecule has 1 rings (SSSR count). The van der Waals surface area contributed by atoms with Crippen molar-refractivity contribution in [1.82, 2.24) is 0 Å². The fourth-order valence-corrected chi connectivity index (χ4v) is 2.66. The second-order valence-electron chi connectivity index (χ2n) is 4.74. The fourth-order valence-electron chi connectivity index (χ4n) is 1.62. The summed E-state index contributed by atoms with van der Waals surface area (Å²) in [5.41, 5.74) is 4.65. The zero-order valence-electron chi connectivity index (χ0n) is 10.8. The van der Waals surface area contributed by atoms with Crippen molar-refractivity contribution in [1.29, 1.82) is 0 Å². The minimum atomic E-state index is 0.271. The molecule has 0 amide bonds. The van der Waals surface area contributed by atoms with Gasteiger partial charge in [0.15, 0.2) is 0 Å². The van der Waals surface area contributed by atoms with E-state index in [1.807, 2.05) is 19.9 Å². The van der Waals surface area contributed by atoms with Gasteiger partial charge in [0.1, 0.15) is 0 Å². The normalized spacial score (nSPS) is 12.3. The Balaban J connectivity index is 3.12. The molecule has 0 bridgehead atoms. The quantitative estimate of drug-likeness (QED) is 0.738. The van der Waals surface area contributed by atoms with Crippen molar-refractivity contribution in [2.75, 3.05) is 6.16 Å². The van der Waals surface area contributed by atoms with E-state index in [9.17, 15) is 5.11 Å². The Morgan fingerprint density at radius 1 is 1.19 bits per heavy atom. The molecule has 1 aromatic rings. The van der Waals surface area contributed by atoms with Crippen LogP contribution in [0.5, 0.6) is 0 Å². The van der Waals surface area contributed by atoms with Gasteiger partial charge in [-0.25, -0.2) is 0 Å². The second-order valence-corrected chi connectivity index (χ2v) is 5.83. The molecule has 1 aromatic carbocycles. The first kappa shape index (κ1) is 13.4. The third kappa shape index (κ3) is 3.17. The topological polar surface area (TPSA) is 23.1 Å². The molecular formula is C14H20OP-. The number of hydrogen-bond donors (Lipinski definition) is 0. The highest BCUT2D eigenvalue weighted by Crippen LogP contribution is 2.20. The van der Waals surface area contributed by atoms with Gasteiger partial charge in [0.25, 0.3) is 0 Å². The number of rotatable bonds is 3. The Morgan fingerprint density at radius 2 is 1.75 bits per heavy atom. The van der Waals surface area contributed by atoms with E-state index in [1.54, 1.807) is 0 Å². The minimum Gasteiger partial charge on any atom is -0.824 e. The molecule has 0 N–H and O–H groups in total. The molecule has 0 saturated heterocycles. The smallest absolute Gasteiger partial charge is 0.00927 e. The number of hydrogen-bond acceptors (Lipinski definition) is 1. The van der Waals surface area contributed by atoms with Gasteiger partial charge < -0.3 is 5.11 Å². The Labute approximate surface area is 100 Å². The fraction of sp³-hybridized carbons (Fsp3) is 0.500. The zero-order chi connectivity index (χ0) is 12.3. The summed E-state index contributed by atoms with van der Waals surface area (Å²) in [4.78, 5) is 0. The lowest BCUT2D eigenvalue weighted by atomic mass is 9.99. The standard InChI is InChI=1S/C14H21OP/c1-9(2)8-16-14(15)13-11(4)7-6-10(3)12(13)5/h6-7,9,15H,8H2,1-5H3/p-1. The molecule has 0 aliphatic heterocycles. The van der Waals surface area contributed by atoms with Crippen molar-refractivity contribution in [3.63, 3.8) is 0 Å². The van der Waals surface area contributed by atoms with Gasteiger partial charge in [-0.05, 0) is 55.1 Å². The molecule has 0 heterocycles. The van der Waals surface area contributed by atoms with Crippen molar-refractivity contribution in [2.24, 2.45) is 5.92 Å². The van der Waals surface area contributed by atoms with Crippen LogP contribution in [0.1, 0.15) is 36.1 Å². The molecule has 0 saturated carbocycles. The number of aryl methyl sites for hydroxylation is 2. The van der Waals surface area contributed by atoms with Crippen molar-refractivity contribution in [3.8, 4) is 0 Å². The van der Waals surface area contributed by atoms with Gasteiger partial charge in [0, 0.05) is 0 Å². The van der Waals surface area contributed by atoms with Crippen LogP contribution in [0.15, 0.2) is 12.1 Å². The van der Waals surface area contributed by atoms with Gasteiger partial charge in [0.2, 0.25) is 0 Å². The summed E-state index contributed by atoms with van der Waals surface area (Å²) in [6.45, 7) is 10.4. The molecule has 0 aromatic heterocycles. The van der Waals surface area contributed by atoms with E-state index in [1.165, 1.54) is 5.56 Å². The highest BCUT2D eigenvalue weighted by molar-refractivity contribution is 7.40. The van der Waals surface area contributed by atoms with Gasteiger partial charge in [-0.1, -0.05) is 26.0 Å². The Bertz CT molecular complexity index is 405. The van der Waals surface area contributed by atoms with E-state index in [4.69, 9.17) is 0 Å². The van der Waals surface area contributed by atoms with Crippen molar-refractivity contribution in [2.45, 2.75) is 34.6 Å². The van der Waals surface area contributed by atoms with E-state index in [-0.39, 0.29) is 5.48 Å². The van der Waals surface area contributed by atoms with Crippen LogP contribution < -0.4 is 5.11 Å². The second kappa shape index (κ2) is 5.61. The maximum atomic E-state index is 12.1. The Morgan fingerprint density at radius 3 is 2.31 bits per heavy atom. The van der Waals surface area contributed by atoms with Crippen LogP contribution in [0.25, 0.3) is 0 Å². The van der Waals surface area contributed by atoms with Crippen LogP contribution in [-0.4, -0.2) is 11.6 Å². The summed E-state index contributed by atoms with van der Waals surface area (Å²) >= 11 is 0. The molecule has 0 spiro atoms. The van der Waals surface area contributed by atoms with Crippen molar-refractivity contribution >= 4 is 13.7 Å². The summed E-state index contributed by atoms with van der Waals surface area (Å²) < 4.78 is 0. The van der Waals surface area contributed by atoms with Crippen LogP contribution >= 0.6 is 8.20 Å². The van der Waals surface area contributed by atoms with E-state index < -0.39 is 0 Å². The molecule has 0 fully saturated rings. The van der Waals surface area contributed by atoms with Crippen molar-refractivity contribution < 1.29 is 5.11 Å². The molecule has 2 heteroatoms. The third-order valence-electron chi connectivity index (χ3n) is 2.76. The van der Waals surface area contributed by atoms with Gasteiger partial charge in [-0.2, -0.15) is 0 Å². The van der Waals surface area contributed by atoms with E-state index in [0.717, 1.165) is 31.1 Å². The average molecular weight is 235 g/mol. The first-order valence-corrected chi connectivity index (χ1v) is 6.80. The highest BCUT2D eigenvalue weighted by atomic mass is 31.1. The van der Waals surface area contributed by atoms with Gasteiger partial charge in [-0.15, -0.1) is 13.7 Å². The summed E-state index contributed by atoms with van der Waals surface area (Å²) in [7, 11) is 0.925. The van der Waals surface area contributed by atoms with Crippen LogP contribution in [0.4, 0.5) is 0 Å². The highest BCUT2D eigenvalue weighted by Gasteiger charge is 2.03. The van der Waals surface area contributed by atoms with Crippen LogP contribution in [0, 0.1) is 26.7 Å². The lowest BCUT2D eigenvalue weighted by Gasteiger charge is -2.19. The number of benzene rings is 1. The summed E-state index contributed by atoms with van der Waals surface area (Å²) in [6.07, 6.45) is 0.950. The molecule has 0 aliphatic rings. The van der Waals surface area contributed by atoms with Crippen LogP contribution in [0.3, 0.4) is 0 Å². The molecular weight excluding hydrogens is 215 g/mol. The lowest BCUT2D eigenvalue weighted by Crippen LogP contribution is -2.20. The first-order valence-electron chi connectivity index (χ1n) is 5.72. The van der Waals surface area contributed by atoms with Gasteiger partial charge in [0.05, 0.1) is 0 Å². The first-order chi connectivity index (χ1) is 7.43. The van der Waals surface area contributed by atoms with Crippen LogP contribution in [0.2, 0.25) is 0 Å². The molecule has 1 nitrogen and oxygen atoms in total. The van der Waals surface area contributed by atoms with E-state index >= 15 is 0 Å². The lowest BCUT2D eigenvalue weighted by molar-refractivity contribution is -0.207. The Hall–Kier alpha value is -0.650. The maximum absolute atomic E-state index is 12.1. The SMILES string of the molecule is Cc1ccc(C)c(C([O-])=PCC(C)C)c1C. The molecule has 88 valence electrons. The largest absolute Gasteiger partial charge is 0.824 e. The average Bonchev–Trinajstić information content (AvgIpc) is 2.21. The molecule has 0 aliphatic carbocycles. The maximum Gasteiger partial charge on any atom is -0.00927 e. The molecule has 0 radical (unpaired) electrons. The molecule has 16 heavy (non-hydrogen) atoms. The third-order valence-corrected chi connectivity index (χ3v) is 4.18. The summed E-state index contributed by atoms with van der Waals surface area (Å²) in [5, 5.41) is 12.1. The minimum absolute atomic E-state index is 0.271.